The highest BCUT2D eigenvalue weighted by atomic mass is 32.2. The third-order valence-electron chi connectivity index (χ3n) is 4.43. The van der Waals surface area contributed by atoms with Crippen LogP contribution in [0.3, 0.4) is 0 Å². The molecule has 0 radical (unpaired) electrons. The van der Waals surface area contributed by atoms with Crippen LogP contribution in [0, 0.1) is 0 Å². The van der Waals surface area contributed by atoms with Crippen molar-refractivity contribution in [3.05, 3.63) is 38.7 Å². The minimum absolute atomic E-state index is 0.107. The molecular formula is C20H28N2O2S3. The van der Waals surface area contributed by atoms with Gasteiger partial charge in [0.15, 0.2) is 0 Å². The fourth-order valence-corrected chi connectivity index (χ4v) is 5.58. The van der Waals surface area contributed by atoms with E-state index in [2.05, 4.69) is 33.1 Å². The van der Waals surface area contributed by atoms with E-state index < -0.39 is 0 Å². The van der Waals surface area contributed by atoms with E-state index in [1.54, 1.807) is 34.4 Å². The van der Waals surface area contributed by atoms with Crippen LogP contribution >= 0.6 is 34.4 Å². The zero-order valence-electron chi connectivity index (χ0n) is 15.7. The molecule has 148 valence electrons. The maximum atomic E-state index is 11.8. The van der Waals surface area contributed by atoms with Crippen LogP contribution < -0.4 is 10.1 Å². The Morgan fingerprint density at radius 3 is 2.93 bits per heavy atom. The Bertz CT molecular complexity index is 667. The van der Waals surface area contributed by atoms with Gasteiger partial charge in [0.2, 0.25) is 5.91 Å². The molecule has 1 aliphatic rings. The molecule has 0 aromatic carbocycles. The predicted molar refractivity (Wildman–Crippen MR) is 117 cm³/mol. The van der Waals surface area contributed by atoms with Crippen molar-refractivity contribution in [1.82, 2.24) is 10.2 Å². The third-order valence-corrected chi connectivity index (χ3v) is 7.37. The Morgan fingerprint density at radius 2 is 2.11 bits per heavy atom. The van der Waals surface area contributed by atoms with Gasteiger partial charge < -0.3 is 10.1 Å². The van der Waals surface area contributed by atoms with Crippen molar-refractivity contribution in [2.75, 3.05) is 32.0 Å². The lowest BCUT2D eigenvalue weighted by Crippen LogP contribution is -2.28. The summed E-state index contributed by atoms with van der Waals surface area (Å²) in [6.07, 6.45) is 4.86. The van der Waals surface area contributed by atoms with E-state index in [-0.39, 0.29) is 5.91 Å². The number of rotatable bonds is 11. The molecule has 0 bridgehead atoms. The quantitative estimate of drug-likeness (QED) is 0.535. The van der Waals surface area contributed by atoms with E-state index in [1.165, 1.54) is 42.1 Å². The van der Waals surface area contributed by atoms with E-state index in [0.717, 1.165) is 24.5 Å². The number of likely N-dealkylation sites (tertiary alicyclic amines) is 1. The molecule has 1 amide bonds. The number of ether oxygens (including phenoxy) is 1. The van der Waals surface area contributed by atoms with Gasteiger partial charge in [-0.25, -0.2) is 0 Å². The molecule has 4 nitrogen and oxygen atoms in total. The molecule has 2 aromatic heterocycles. The molecule has 0 spiro atoms. The average molecular weight is 425 g/mol. The molecule has 1 N–H and O–H groups in total. The van der Waals surface area contributed by atoms with Crippen molar-refractivity contribution in [2.24, 2.45) is 0 Å². The number of piperidine rings is 1. The van der Waals surface area contributed by atoms with Gasteiger partial charge in [-0.1, -0.05) is 12.5 Å². The first kappa shape index (κ1) is 20.7. The highest BCUT2D eigenvalue weighted by Crippen LogP contribution is 2.24. The zero-order valence-corrected chi connectivity index (χ0v) is 18.1. The second kappa shape index (κ2) is 11.7. The Balaban J connectivity index is 1.22. The Hall–Kier alpha value is -1.02. The van der Waals surface area contributed by atoms with Gasteiger partial charge in [-0.05, 0) is 49.9 Å². The highest BCUT2D eigenvalue weighted by Gasteiger charge is 2.12. The number of hydrogen-bond acceptors (Lipinski definition) is 6. The van der Waals surface area contributed by atoms with E-state index in [9.17, 15) is 4.79 Å². The molecule has 1 saturated heterocycles. The van der Waals surface area contributed by atoms with Crippen LogP contribution in [0.4, 0.5) is 0 Å². The first-order valence-corrected chi connectivity index (χ1v) is 12.5. The number of thiophene rings is 2. The fraction of sp³-hybridized carbons (Fsp3) is 0.550. The topological polar surface area (TPSA) is 41.6 Å². The zero-order chi connectivity index (χ0) is 18.7. The molecule has 1 fully saturated rings. The lowest BCUT2D eigenvalue weighted by atomic mass is 10.1. The number of carbonyl (C=O) groups excluding carboxylic acids is 1. The summed E-state index contributed by atoms with van der Waals surface area (Å²) in [5.74, 6) is 2.50. The molecule has 0 atom stereocenters. The van der Waals surface area contributed by atoms with Gasteiger partial charge in [-0.2, -0.15) is 0 Å². The van der Waals surface area contributed by atoms with E-state index >= 15 is 0 Å². The second-order valence-electron chi connectivity index (χ2n) is 6.71. The van der Waals surface area contributed by atoms with E-state index in [1.807, 2.05) is 6.07 Å². The molecule has 27 heavy (non-hydrogen) atoms. The molecule has 0 saturated carbocycles. The monoisotopic (exact) mass is 424 g/mol. The van der Waals surface area contributed by atoms with Gasteiger partial charge in [-0.15, -0.1) is 34.4 Å². The predicted octanol–water partition coefficient (Wildman–Crippen LogP) is 4.61. The molecule has 2 aromatic rings. The Morgan fingerprint density at radius 1 is 1.22 bits per heavy atom. The molecule has 3 rings (SSSR count). The summed E-state index contributed by atoms with van der Waals surface area (Å²) < 4.78 is 5.82. The summed E-state index contributed by atoms with van der Waals surface area (Å²) in [5, 5.41) is 7.13. The Labute approximate surface area is 174 Å². The molecular weight excluding hydrogens is 396 g/mol. The lowest BCUT2D eigenvalue weighted by molar-refractivity contribution is -0.118. The highest BCUT2D eigenvalue weighted by molar-refractivity contribution is 7.99. The van der Waals surface area contributed by atoms with Gasteiger partial charge >= 0.3 is 0 Å². The number of hydrogen-bond donors (Lipinski definition) is 1. The fourth-order valence-electron chi connectivity index (χ4n) is 3.04. The largest absolute Gasteiger partial charge is 0.493 e. The SMILES string of the molecule is O=C(CSCc1cccs1)NCCCOc1csc(CN2CCCCC2)c1. The number of carbonyl (C=O) groups is 1. The van der Waals surface area contributed by atoms with Crippen molar-refractivity contribution >= 4 is 40.3 Å². The van der Waals surface area contributed by atoms with Crippen LogP contribution in [0.25, 0.3) is 0 Å². The summed E-state index contributed by atoms with van der Waals surface area (Å²) in [7, 11) is 0. The summed E-state index contributed by atoms with van der Waals surface area (Å²) >= 11 is 5.18. The summed E-state index contributed by atoms with van der Waals surface area (Å²) in [6.45, 7) is 4.80. The molecule has 0 aliphatic carbocycles. The van der Waals surface area contributed by atoms with Crippen LogP contribution in [0.5, 0.6) is 5.75 Å². The van der Waals surface area contributed by atoms with Crippen LogP contribution in [0.15, 0.2) is 29.0 Å². The van der Waals surface area contributed by atoms with Crippen LogP contribution in [0.1, 0.15) is 35.4 Å². The van der Waals surface area contributed by atoms with Crippen LogP contribution in [-0.4, -0.2) is 42.8 Å². The maximum absolute atomic E-state index is 11.8. The Kier molecular flexibility index (Phi) is 9.00. The second-order valence-corrected chi connectivity index (χ2v) is 9.72. The molecule has 0 unspecified atom stereocenters. The lowest BCUT2D eigenvalue weighted by Gasteiger charge is -2.25. The first-order chi connectivity index (χ1) is 13.3. The summed E-state index contributed by atoms with van der Waals surface area (Å²) in [6, 6.07) is 6.32. The smallest absolute Gasteiger partial charge is 0.230 e. The number of amides is 1. The molecule has 1 aliphatic heterocycles. The molecule has 3 heterocycles. The van der Waals surface area contributed by atoms with Crippen molar-refractivity contribution < 1.29 is 9.53 Å². The van der Waals surface area contributed by atoms with E-state index in [4.69, 9.17) is 4.74 Å². The average Bonchev–Trinajstić information content (AvgIpc) is 3.34. The summed E-state index contributed by atoms with van der Waals surface area (Å²) in [4.78, 5) is 17.1. The van der Waals surface area contributed by atoms with Crippen molar-refractivity contribution in [2.45, 2.75) is 38.0 Å². The number of thioether (sulfide) groups is 1. The van der Waals surface area contributed by atoms with Crippen molar-refractivity contribution in [3.8, 4) is 5.75 Å². The maximum Gasteiger partial charge on any atom is 0.230 e. The number of nitrogens with zero attached hydrogens (tertiary/aromatic N) is 1. The van der Waals surface area contributed by atoms with Gasteiger partial charge in [0, 0.05) is 34.0 Å². The van der Waals surface area contributed by atoms with E-state index in [0.29, 0.717) is 18.9 Å². The first-order valence-electron chi connectivity index (χ1n) is 9.59. The third kappa shape index (κ3) is 7.86. The van der Waals surface area contributed by atoms with Gasteiger partial charge in [0.25, 0.3) is 0 Å². The standard InChI is InChI=1S/C20H28N2O2S3/c23-20(16-25-15-18-6-4-11-26-18)21-7-5-10-24-17-12-19(27-14-17)13-22-8-2-1-3-9-22/h4,6,11-12,14H,1-3,5,7-10,13,15-16H2,(H,21,23). The van der Waals surface area contributed by atoms with Gasteiger partial charge in [0.05, 0.1) is 12.4 Å². The van der Waals surface area contributed by atoms with Gasteiger partial charge in [-0.3, -0.25) is 9.69 Å². The van der Waals surface area contributed by atoms with Crippen LogP contribution in [0.2, 0.25) is 0 Å². The van der Waals surface area contributed by atoms with Crippen molar-refractivity contribution in [3.63, 3.8) is 0 Å². The van der Waals surface area contributed by atoms with Gasteiger partial charge in [0.1, 0.15) is 5.75 Å². The molecule has 7 heteroatoms. The minimum Gasteiger partial charge on any atom is -0.493 e. The minimum atomic E-state index is 0.107. The van der Waals surface area contributed by atoms with Crippen molar-refractivity contribution in [1.29, 1.82) is 0 Å². The summed E-state index contributed by atoms with van der Waals surface area (Å²) in [5.41, 5.74) is 0. The number of nitrogens with one attached hydrogen (secondary N) is 1. The normalized spacial score (nSPS) is 15.0. The van der Waals surface area contributed by atoms with Crippen LogP contribution in [-0.2, 0) is 17.1 Å².